The van der Waals surface area contributed by atoms with E-state index >= 15 is 0 Å². The summed E-state index contributed by atoms with van der Waals surface area (Å²) in [5.41, 5.74) is 1.72. The number of likely N-dealkylation sites (tertiary alicyclic amines) is 1. The predicted molar refractivity (Wildman–Crippen MR) is 103 cm³/mol. The first-order valence-electron chi connectivity index (χ1n) is 9.76. The number of carbonyl (C=O) groups is 3. The van der Waals surface area contributed by atoms with Crippen LogP contribution in [0, 0.1) is 5.92 Å². The molecule has 0 bridgehead atoms. The molecule has 1 aliphatic carbocycles. The highest BCUT2D eigenvalue weighted by Crippen LogP contribution is 2.30. The number of carbonyl (C=O) groups excluding carboxylic acids is 3. The Morgan fingerprint density at radius 3 is 2.41 bits per heavy atom. The van der Waals surface area contributed by atoms with Crippen LogP contribution in [0.1, 0.15) is 50.6 Å². The molecule has 1 aromatic carbocycles. The van der Waals surface area contributed by atoms with Gasteiger partial charge in [-0.15, -0.1) is 0 Å². The Labute approximate surface area is 159 Å². The molecule has 2 aliphatic rings. The number of urea groups is 1. The van der Waals surface area contributed by atoms with E-state index in [0.29, 0.717) is 13.0 Å². The van der Waals surface area contributed by atoms with E-state index in [9.17, 15) is 14.4 Å². The molecule has 1 atom stereocenters. The van der Waals surface area contributed by atoms with Crippen molar-refractivity contribution in [3.05, 3.63) is 29.8 Å². The van der Waals surface area contributed by atoms with Crippen molar-refractivity contribution in [2.75, 3.05) is 25.0 Å². The summed E-state index contributed by atoms with van der Waals surface area (Å²) in [6.07, 6.45) is 4.42. The second-order valence-electron chi connectivity index (χ2n) is 7.35. The molecule has 1 saturated carbocycles. The largest absolute Gasteiger partial charge is 0.343 e. The third-order valence-electron chi connectivity index (χ3n) is 5.06. The van der Waals surface area contributed by atoms with Crippen molar-refractivity contribution < 1.29 is 14.4 Å². The van der Waals surface area contributed by atoms with Crippen LogP contribution in [0.5, 0.6) is 0 Å². The molecule has 0 radical (unpaired) electrons. The van der Waals surface area contributed by atoms with E-state index < -0.39 is 0 Å². The monoisotopic (exact) mass is 372 g/mol. The summed E-state index contributed by atoms with van der Waals surface area (Å²) in [5, 5.41) is 8.50. The number of hydrogen-bond donors (Lipinski definition) is 3. The number of anilines is 1. The molecular weight excluding hydrogens is 344 g/mol. The first kappa shape index (κ1) is 19.2. The summed E-state index contributed by atoms with van der Waals surface area (Å²) in [5.74, 6) is 0.354. The van der Waals surface area contributed by atoms with Gasteiger partial charge in [-0.05, 0) is 50.3 Å². The molecule has 146 valence electrons. The van der Waals surface area contributed by atoms with Crippen molar-refractivity contribution >= 4 is 23.5 Å². The zero-order chi connectivity index (χ0) is 19.2. The second kappa shape index (κ2) is 8.88. The lowest BCUT2D eigenvalue weighted by molar-refractivity contribution is -0.130. The van der Waals surface area contributed by atoms with Crippen molar-refractivity contribution in [2.24, 2.45) is 5.92 Å². The number of rotatable bonds is 7. The molecule has 7 heteroatoms. The number of amides is 4. The van der Waals surface area contributed by atoms with Crippen molar-refractivity contribution in [3.63, 3.8) is 0 Å². The van der Waals surface area contributed by atoms with Crippen LogP contribution in [0.15, 0.2) is 24.3 Å². The van der Waals surface area contributed by atoms with E-state index in [1.54, 1.807) is 0 Å². The standard InChI is InChI=1S/C20H28N4O3/c1-14(15-6-8-17(9-7-15)23-19(26)16-4-5-16)22-20(27)21-11-10-18(25)24-12-2-3-13-24/h6-9,14,16H,2-5,10-13H2,1H3,(H,23,26)(H2,21,22,27)/t14-/m0/s1. The van der Waals surface area contributed by atoms with Gasteiger partial charge in [-0.25, -0.2) is 4.79 Å². The molecule has 0 unspecified atom stereocenters. The molecule has 1 saturated heterocycles. The Hall–Kier alpha value is -2.57. The van der Waals surface area contributed by atoms with E-state index in [4.69, 9.17) is 0 Å². The van der Waals surface area contributed by atoms with Crippen LogP contribution < -0.4 is 16.0 Å². The number of hydrogen-bond acceptors (Lipinski definition) is 3. The van der Waals surface area contributed by atoms with Crippen molar-refractivity contribution in [3.8, 4) is 0 Å². The predicted octanol–water partition coefficient (Wildman–Crippen LogP) is 2.41. The Bertz CT molecular complexity index is 679. The first-order valence-corrected chi connectivity index (χ1v) is 9.76. The van der Waals surface area contributed by atoms with Gasteiger partial charge in [-0.3, -0.25) is 9.59 Å². The minimum atomic E-state index is -0.289. The van der Waals surface area contributed by atoms with E-state index in [1.165, 1.54) is 0 Å². The van der Waals surface area contributed by atoms with Crippen molar-refractivity contribution in [1.82, 2.24) is 15.5 Å². The molecule has 1 aliphatic heterocycles. The highest BCUT2D eigenvalue weighted by Gasteiger charge is 2.29. The normalized spacial score (nSPS) is 17.3. The van der Waals surface area contributed by atoms with Gasteiger partial charge in [0, 0.05) is 37.7 Å². The fourth-order valence-electron chi connectivity index (χ4n) is 3.18. The maximum Gasteiger partial charge on any atom is 0.315 e. The van der Waals surface area contributed by atoms with Gasteiger partial charge >= 0.3 is 6.03 Å². The smallest absolute Gasteiger partial charge is 0.315 e. The highest BCUT2D eigenvalue weighted by atomic mass is 16.2. The molecule has 27 heavy (non-hydrogen) atoms. The maximum atomic E-state index is 12.0. The van der Waals surface area contributed by atoms with E-state index in [2.05, 4.69) is 16.0 Å². The fourth-order valence-corrected chi connectivity index (χ4v) is 3.18. The van der Waals surface area contributed by atoms with Crippen LogP contribution in [0.3, 0.4) is 0 Å². The van der Waals surface area contributed by atoms with E-state index in [1.807, 2.05) is 36.1 Å². The SMILES string of the molecule is C[C@H](NC(=O)NCCC(=O)N1CCCC1)c1ccc(NC(=O)C2CC2)cc1. The van der Waals surface area contributed by atoms with Crippen LogP contribution in [0.2, 0.25) is 0 Å². The molecule has 2 fully saturated rings. The van der Waals surface area contributed by atoms with Gasteiger partial charge < -0.3 is 20.9 Å². The fraction of sp³-hybridized carbons (Fsp3) is 0.550. The van der Waals surface area contributed by atoms with Gasteiger partial charge in [-0.2, -0.15) is 0 Å². The number of nitrogens with one attached hydrogen (secondary N) is 3. The van der Waals surface area contributed by atoms with E-state index in [-0.39, 0.29) is 29.8 Å². The van der Waals surface area contributed by atoms with Gasteiger partial charge in [0.05, 0.1) is 6.04 Å². The molecule has 0 aromatic heterocycles. The lowest BCUT2D eigenvalue weighted by Gasteiger charge is -2.17. The molecule has 7 nitrogen and oxygen atoms in total. The van der Waals surface area contributed by atoms with Gasteiger partial charge in [0.25, 0.3) is 0 Å². The third-order valence-corrected chi connectivity index (χ3v) is 5.06. The summed E-state index contributed by atoms with van der Waals surface area (Å²) in [6, 6.07) is 7.02. The zero-order valence-electron chi connectivity index (χ0n) is 15.8. The summed E-state index contributed by atoms with van der Waals surface area (Å²) in [7, 11) is 0. The Morgan fingerprint density at radius 2 is 1.78 bits per heavy atom. The average Bonchev–Trinajstić information content (AvgIpc) is 3.36. The van der Waals surface area contributed by atoms with Crippen LogP contribution in [-0.4, -0.2) is 42.4 Å². The lowest BCUT2D eigenvalue weighted by Crippen LogP contribution is -2.39. The van der Waals surface area contributed by atoms with E-state index in [0.717, 1.165) is 50.0 Å². The Balaban J connectivity index is 1.38. The molecule has 1 aromatic rings. The maximum absolute atomic E-state index is 12.0. The molecule has 3 rings (SSSR count). The highest BCUT2D eigenvalue weighted by molar-refractivity contribution is 5.94. The van der Waals surface area contributed by atoms with Gasteiger partial charge in [0.2, 0.25) is 11.8 Å². The molecular formula is C20H28N4O3. The minimum absolute atomic E-state index is 0.0804. The second-order valence-corrected chi connectivity index (χ2v) is 7.35. The molecule has 0 spiro atoms. The molecule has 1 heterocycles. The van der Waals surface area contributed by atoms with Crippen LogP contribution in [-0.2, 0) is 9.59 Å². The third kappa shape index (κ3) is 5.70. The first-order chi connectivity index (χ1) is 13.0. The summed E-state index contributed by atoms with van der Waals surface area (Å²) in [4.78, 5) is 37.6. The topological polar surface area (TPSA) is 90.5 Å². The lowest BCUT2D eigenvalue weighted by atomic mass is 10.1. The number of benzene rings is 1. The van der Waals surface area contributed by atoms with Crippen molar-refractivity contribution in [2.45, 2.75) is 45.1 Å². The van der Waals surface area contributed by atoms with Crippen molar-refractivity contribution in [1.29, 1.82) is 0 Å². The Kier molecular flexibility index (Phi) is 6.32. The van der Waals surface area contributed by atoms with Crippen LogP contribution >= 0.6 is 0 Å². The average molecular weight is 372 g/mol. The van der Waals surface area contributed by atoms with Gasteiger partial charge in [-0.1, -0.05) is 12.1 Å². The van der Waals surface area contributed by atoms with Crippen LogP contribution in [0.25, 0.3) is 0 Å². The quantitative estimate of drug-likeness (QED) is 0.686. The van der Waals surface area contributed by atoms with Gasteiger partial charge in [0.1, 0.15) is 0 Å². The summed E-state index contributed by atoms with van der Waals surface area (Å²) in [6.45, 7) is 3.89. The zero-order valence-corrected chi connectivity index (χ0v) is 15.8. The number of nitrogens with zero attached hydrogens (tertiary/aromatic N) is 1. The summed E-state index contributed by atoms with van der Waals surface area (Å²) < 4.78 is 0. The Morgan fingerprint density at radius 1 is 1.11 bits per heavy atom. The van der Waals surface area contributed by atoms with Crippen LogP contribution in [0.4, 0.5) is 10.5 Å². The molecule has 3 N–H and O–H groups in total. The molecule has 4 amide bonds. The summed E-state index contributed by atoms with van der Waals surface area (Å²) >= 11 is 0. The minimum Gasteiger partial charge on any atom is -0.343 e. The van der Waals surface area contributed by atoms with Gasteiger partial charge in [0.15, 0.2) is 0 Å².